The van der Waals surface area contributed by atoms with Crippen LogP contribution in [0.1, 0.15) is 42.3 Å². The number of hydrogen-bond acceptors (Lipinski definition) is 3. The summed E-state index contributed by atoms with van der Waals surface area (Å²) >= 11 is 0. The molecular formula is C19H21N3O. The van der Waals surface area contributed by atoms with Crippen molar-refractivity contribution in [2.75, 3.05) is 13.1 Å². The molecule has 4 heteroatoms. The Labute approximate surface area is 136 Å². The van der Waals surface area contributed by atoms with E-state index in [4.69, 9.17) is 0 Å². The monoisotopic (exact) mass is 307 g/mol. The standard InChI is InChI=1S/C19H21N3O/c1-14-7-11-20-17(21-14)15-8-12-22(13-15)18(23)19(9-10-19)16-5-3-2-4-6-16/h2-7,11,15H,8-10,12-13H2,1H3/t15-/m0/s1. The maximum absolute atomic E-state index is 13.1. The van der Waals surface area contributed by atoms with Crippen LogP contribution in [0.3, 0.4) is 0 Å². The van der Waals surface area contributed by atoms with Crippen molar-refractivity contribution >= 4 is 5.91 Å². The third-order valence-electron chi connectivity index (χ3n) is 5.14. The summed E-state index contributed by atoms with van der Waals surface area (Å²) in [5.74, 6) is 1.44. The molecule has 1 atom stereocenters. The highest BCUT2D eigenvalue weighted by Gasteiger charge is 2.53. The molecule has 118 valence electrons. The van der Waals surface area contributed by atoms with E-state index in [0.717, 1.165) is 43.9 Å². The van der Waals surface area contributed by atoms with E-state index in [1.807, 2.05) is 42.3 Å². The van der Waals surface area contributed by atoms with Crippen LogP contribution in [-0.4, -0.2) is 33.9 Å². The molecule has 1 aromatic carbocycles. The van der Waals surface area contributed by atoms with Crippen molar-refractivity contribution in [2.24, 2.45) is 0 Å². The van der Waals surface area contributed by atoms with Gasteiger partial charge in [-0.3, -0.25) is 4.79 Å². The van der Waals surface area contributed by atoms with Crippen LogP contribution in [0.5, 0.6) is 0 Å². The van der Waals surface area contributed by atoms with Gasteiger partial charge < -0.3 is 4.90 Å². The molecule has 1 aromatic heterocycles. The zero-order valence-corrected chi connectivity index (χ0v) is 13.4. The first-order valence-corrected chi connectivity index (χ1v) is 8.33. The number of amides is 1. The number of hydrogen-bond donors (Lipinski definition) is 0. The van der Waals surface area contributed by atoms with Crippen LogP contribution in [0.15, 0.2) is 42.6 Å². The van der Waals surface area contributed by atoms with Gasteiger partial charge in [0.05, 0.1) is 5.41 Å². The van der Waals surface area contributed by atoms with Crippen molar-refractivity contribution in [3.8, 4) is 0 Å². The zero-order chi connectivity index (χ0) is 15.9. The molecule has 2 aromatic rings. The second-order valence-electron chi connectivity index (χ2n) is 6.74. The van der Waals surface area contributed by atoms with Gasteiger partial charge in [0.25, 0.3) is 0 Å². The second kappa shape index (κ2) is 5.44. The van der Waals surface area contributed by atoms with Gasteiger partial charge in [0.1, 0.15) is 5.82 Å². The van der Waals surface area contributed by atoms with Crippen LogP contribution in [-0.2, 0) is 10.2 Å². The van der Waals surface area contributed by atoms with E-state index in [2.05, 4.69) is 22.1 Å². The lowest BCUT2D eigenvalue weighted by molar-refractivity contribution is -0.132. The fourth-order valence-electron chi connectivity index (χ4n) is 3.63. The maximum Gasteiger partial charge on any atom is 0.233 e. The lowest BCUT2D eigenvalue weighted by atomic mass is 9.94. The van der Waals surface area contributed by atoms with Crippen LogP contribution < -0.4 is 0 Å². The van der Waals surface area contributed by atoms with E-state index in [1.54, 1.807) is 0 Å². The molecular weight excluding hydrogens is 286 g/mol. The molecule has 4 rings (SSSR count). The number of rotatable bonds is 3. The van der Waals surface area contributed by atoms with Gasteiger partial charge in [-0.2, -0.15) is 0 Å². The van der Waals surface area contributed by atoms with Gasteiger partial charge >= 0.3 is 0 Å². The molecule has 0 bridgehead atoms. The third-order valence-corrected chi connectivity index (χ3v) is 5.14. The maximum atomic E-state index is 13.1. The first-order valence-electron chi connectivity index (χ1n) is 8.33. The largest absolute Gasteiger partial charge is 0.341 e. The molecule has 1 aliphatic heterocycles. The Bertz CT molecular complexity index is 724. The molecule has 0 N–H and O–H groups in total. The third kappa shape index (κ3) is 2.52. The Morgan fingerprint density at radius 1 is 1.22 bits per heavy atom. The summed E-state index contributed by atoms with van der Waals surface area (Å²) in [6.45, 7) is 3.55. The summed E-state index contributed by atoms with van der Waals surface area (Å²) in [5.41, 5.74) is 1.90. The summed E-state index contributed by atoms with van der Waals surface area (Å²) in [7, 11) is 0. The SMILES string of the molecule is Cc1ccnc([C@H]2CCN(C(=O)C3(c4ccccc4)CC3)C2)n1. The molecule has 2 fully saturated rings. The van der Waals surface area contributed by atoms with Gasteiger partial charge in [-0.15, -0.1) is 0 Å². The van der Waals surface area contributed by atoms with Gasteiger partial charge in [-0.25, -0.2) is 9.97 Å². The minimum Gasteiger partial charge on any atom is -0.341 e. The lowest BCUT2D eigenvalue weighted by Gasteiger charge is -2.23. The molecule has 1 amide bonds. The summed E-state index contributed by atoms with van der Waals surface area (Å²) in [4.78, 5) is 24.0. The molecule has 0 unspecified atom stereocenters. The van der Waals surface area contributed by atoms with Crippen molar-refractivity contribution in [1.82, 2.24) is 14.9 Å². The Balaban J connectivity index is 1.51. The number of carbonyl (C=O) groups is 1. The van der Waals surface area contributed by atoms with Gasteiger partial charge in [-0.05, 0) is 37.8 Å². The predicted molar refractivity (Wildman–Crippen MR) is 88.1 cm³/mol. The minimum absolute atomic E-state index is 0.260. The lowest BCUT2D eigenvalue weighted by Crippen LogP contribution is -2.37. The van der Waals surface area contributed by atoms with Crippen molar-refractivity contribution in [1.29, 1.82) is 0 Å². The van der Waals surface area contributed by atoms with Crippen LogP contribution >= 0.6 is 0 Å². The molecule has 0 spiro atoms. The van der Waals surface area contributed by atoms with Gasteiger partial charge in [0.15, 0.2) is 0 Å². The van der Waals surface area contributed by atoms with Crippen molar-refractivity contribution < 1.29 is 4.79 Å². The van der Waals surface area contributed by atoms with E-state index in [9.17, 15) is 4.79 Å². The summed E-state index contributed by atoms with van der Waals surface area (Å²) < 4.78 is 0. The average molecular weight is 307 g/mol. The van der Waals surface area contributed by atoms with E-state index < -0.39 is 0 Å². The molecule has 2 aliphatic rings. The number of nitrogens with zero attached hydrogens (tertiary/aromatic N) is 3. The van der Waals surface area contributed by atoms with Gasteiger partial charge in [-0.1, -0.05) is 30.3 Å². The number of aryl methyl sites for hydroxylation is 1. The summed E-state index contributed by atoms with van der Waals surface area (Å²) in [6, 6.07) is 12.1. The Hall–Kier alpha value is -2.23. The van der Waals surface area contributed by atoms with Crippen LogP contribution in [0.25, 0.3) is 0 Å². The number of aromatic nitrogens is 2. The van der Waals surface area contributed by atoms with Crippen molar-refractivity contribution in [3.63, 3.8) is 0 Å². The molecule has 0 radical (unpaired) electrons. The first-order chi connectivity index (χ1) is 11.2. The fraction of sp³-hybridized carbons (Fsp3) is 0.421. The number of benzene rings is 1. The van der Waals surface area contributed by atoms with E-state index in [-0.39, 0.29) is 11.3 Å². The average Bonchev–Trinajstić information content (AvgIpc) is 3.25. The summed E-state index contributed by atoms with van der Waals surface area (Å²) in [6.07, 6.45) is 4.71. The Kier molecular flexibility index (Phi) is 3.40. The highest BCUT2D eigenvalue weighted by molar-refractivity contribution is 5.91. The van der Waals surface area contributed by atoms with E-state index >= 15 is 0 Å². The normalized spacial score (nSPS) is 22.1. The molecule has 4 nitrogen and oxygen atoms in total. The van der Waals surface area contributed by atoms with E-state index in [1.165, 1.54) is 5.56 Å². The molecule has 1 saturated carbocycles. The van der Waals surface area contributed by atoms with Crippen molar-refractivity contribution in [3.05, 3.63) is 59.7 Å². The Morgan fingerprint density at radius 2 is 2.00 bits per heavy atom. The quantitative estimate of drug-likeness (QED) is 0.876. The van der Waals surface area contributed by atoms with Crippen molar-refractivity contribution in [2.45, 2.75) is 37.5 Å². The fourth-order valence-corrected chi connectivity index (χ4v) is 3.63. The van der Waals surface area contributed by atoms with E-state index in [0.29, 0.717) is 5.91 Å². The van der Waals surface area contributed by atoms with Crippen LogP contribution in [0.4, 0.5) is 0 Å². The Morgan fingerprint density at radius 3 is 2.70 bits per heavy atom. The second-order valence-corrected chi connectivity index (χ2v) is 6.74. The van der Waals surface area contributed by atoms with Gasteiger partial charge in [0.2, 0.25) is 5.91 Å². The smallest absolute Gasteiger partial charge is 0.233 e. The predicted octanol–water partition coefficient (Wildman–Crippen LogP) is 2.83. The van der Waals surface area contributed by atoms with Crippen LogP contribution in [0, 0.1) is 6.92 Å². The number of carbonyl (C=O) groups excluding carboxylic acids is 1. The highest BCUT2D eigenvalue weighted by atomic mass is 16.2. The number of likely N-dealkylation sites (tertiary alicyclic amines) is 1. The minimum atomic E-state index is -0.260. The molecule has 1 aliphatic carbocycles. The molecule has 23 heavy (non-hydrogen) atoms. The highest BCUT2D eigenvalue weighted by Crippen LogP contribution is 2.50. The molecule has 1 saturated heterocycles. The molecule has 2 heterocycles. The first kappa shape index (κ1) is 14.4. The van der Waals surface area contributed by atoms with Crippen LogP contribution in [0.2, 0.25) is 0 Å². The zero-order valence-electron chi connectivity index (χ0n) is 13.4. The summed E-state index contributed by atoms with van der Waals surface area (Å²) in [5, 5.41) is 0. The topological polar surface area (TPSA) is 46.1 Å². The van der Waals surface area contributed by atoms with Gasteiger partial charge in [0, 0.05) is 30.9 Å².